The average molecular weight is 437 g/mol. The molecule has 1 aliphatic rings. The highest BCUT2D eigenvalue weighted by atomic mass is 35.5. The number of oxime groups is 1. The highest BCUT2D eigenvalue weighted by molar-refractivity contribution is 6.29. The number of ether oxygens (including phenoxy) is 1. The summed E-state index contributed by atoms with van der Waals surface area (Å²) in [5.74, 6) is 1.15. The van der Waals surface area contributed by atoms with Crippen LogP contribution in [0.3, 0.4) is 0 Å². The molecular weight excluding hydrogens is 412 g/mol. The van der Waals surface area contributed by atoms with Gasteiger partial charge in [0.05, 0.1) is 6.21 Å². The van der Waals surface area contributed by atoms with Crippen LogP contribution in [0.1, 0.15) is 35.8 Å². The van der Waals surface area contributed by atoms with Gasteiger partial charge in [0.2, 0.25) is 0 Å². The molecule has 2 heterocycles. The Bertz CT molecular complexity index is 959. The van der Waals surface area contributed by atoms with Crippen LogP contribution in [0.25, 0.3) is 0 Å². The van der Waals surface area contributed by atoms with E-state index in [1.807, 2.05) is 60.7 Å². The Balaban J connectivity index is 1.39. The van der Waals surface area contributed by atoms with Crippen LogP contribution in [-0.2, 0) is 11.4 Å². The molecule has 0 spiro atoms. The second-order valence-corrected chi connectivity index (χ2v) is 7.86. The maximum Gasteiger partial charge on any atom is 0.151 e. The zero-order chi connectivity index (χ0) is 21.3. The molecule has 0 amide bonds. The van der Waals surface area contributed by atoms with Gasteiger partial charge in [-0.1, -0.05) is 47.1 Å². The number of aromatic nitrogens is 2. The largest absolute Gasteiger partial charge is 0.484 e. The van der Waals surface area contributed by atoms with E-state index < -0.39 is 0 Å². The Hall–Kier alpha value is -2.96. The number of halogens is 1. The van der Waals surface area contributed by atoms with E-state index in [4.69, 9.17) is 21.2 Å². The molecule has 1 N–H and O–H groups in total. The van der Waals surface area contributed by atoms with Gasteiger partial charge in [0.1, 0.15) is 24.2 Å². The Morgan fingerprint density at radius 3 is 2.48 bits per heavy atom. The molecule has 31 heavy (non-hydrogen) atoms. The molecule has 1 atom stereocenters. The number of hydrogen-bond acceptors (Lipinski definition) is 6. The first kappa shape index (κ1) is 21.3. The minimum absolute atomic E-state index is 0.166. The van der Waals surface area contributed by atoms with Gasteiger partial charge < -0.3 is 14.9 Å². The van der Waals surface area contributed by atoms with Gasteiger partial charge in [0, 0.05) is 5.92 Å². The van der Waals surface area contributed by atoms with Crippen LogP contribution >= 0.6 is 11.6 Å². The van der Waals surface area contributed by atoms with Gasteiger partial charge in [-0.2, -0.15) is 5.10 Å². The van der Waals surface area contributed by atoms with E-state index in [1.54, 1.807) is 12.3 Å². The van der Waals surface area contributed by atoms with Crippen molar-refractivity contribution in [3.8, 4) is 5.75 Å². The fraction of sp³-hybridized carbons (Fsp3) is 0.292. The van der Waals surface area contributed by atoms with Crippen molar-refractivity contribution in [1.29, 1.82) is 0 Å². The summed E-state index contributed by atoms with van der Waals surface area (Å²) < 4.78 is 6.37. The Morgan fingerprint density at radius 1 is 1.00 bits per heavy atom. The number of rotatable bonds is 8. The molecule has 3 aromatic rings. The predicted octanol–water partition coefficient (Wildman–Crippen LogP) is 4.80. The molecule has 1 saturated heterocycles. The third-order valence-corrected chi connectivity index (χ3v) is 5.45. The first-order chi connectivity index (χ1) is 15.3. The fourth-order valence-corrected chi connectivity index (χ4v) is 3.69. The molecule has 7 heteroatoms. The van der Waals surface area contributed by atoms with Crippen LogP contribution in [0.2, 0.25) is 5.15 Å². The van der Waals surface area contributed by atoms with E-state index in [-0.39, 0.29) is 6.10 Å². The molecule has 2 aromatic carbocycles. The summed E-state index contributed by atoms with van der Waals surface area (Å²) in [4.78, 5) is 5.37. The summed E-state index contributed by atoms with van der Waals surface area (Å²) >= 11 is 5.92. The maximum absolute atomic E-state index is 6.37. The van der Waals surface area contributed by atoms with E-state index in [0.29, 0.717) is 17.7 Å². The smallest absolute Gasteiger partial charge is 0.151 e. The van der Waals surface area contributed by atoms with Gasteiger partial charge in [-0.15, -0.1) is 5.10 Å². The van der Waals surface area contributed by atoms with Crippen molar-refractivity contribution in [3.63, 3.8) is 0 Å². The van der Waals surface area contributed by atoms with Gasteiger partial charge in [-0.3, -0.25) is 0 Å². The lowest BCUT2D eigenvalue weighted by Gasteiger charge is -2.30. The molecule has 0 saturated carbocycles. The SMILES string of the molecule is Clc1ccc(C(Oc2ccc(C=NOCc3ccccc3)cc2)C2CCNCC2)nn1. The second-order valence-electron chi connectivity index (χ2n) is 7.47. The first-order valence-electron chi connectivity index (χ1n) is 10.4. The van der Waals surface area contributed by atoms with Crippen molar-refractivity contribution in [2.45, 2.75) is 25.6 Å². The van der Waals surface area contributed by atoms with Crippen molar-refractivity contribution >= 4 is 17.8 Å². The third kappa shape index (κ3) is 6.26. The van der Waals surface area contributed by atoms with E-state index in [1.165, 1.54) is 0 Å². The van der Waals surface area contributed by atoms with Crippen molar-refractivity contribution in [3.05, 3.63) is 88.7 Å². The predicted molar refractivity (Wildman–Crippen MR) is 121 cm³/mol. The van der Waals surface area contributed by atoms with Crippen molar-refractivity contribution in [2.75, 3.05) is 13.1 Å². The van der Waals surface area contributed by atoms with Gasteiger partial charge >= 0.3 is 0 Å². The Morgan fingerprint density at radius 2 is 1.77 bits per heavy atom. The summed E-state index contributed by atoms with van der Waals surface area (Å²) in [5.41, 5.74) is 2.82. The molecule has 1 unspecified atom stereocenters. The van der Waals surface area contributed by atoms with Crippen LogP contribution in [0.15, 0.2) is 71.9 Å². The standard InChI is InChI=1S/C24H25ClN4O2/c25-23-11-10-22(28-29-23)24(20-12-14-26-15-13-20)31-21-8-6-18(7-9-21)16-27-30-17-19-4-2-1-3-5-19/h1-11,16,20,24,26H,12-15,17H2. The minimum atomic E-state index is -0.166. The minimum Gasteiger partial charge on any atom is -0.484 e. The van der Waals surface area contributed by atoms with E-state index in [2.05, 4.69) is 20.7 Å². The first-order valence-corrected chi connectivity index (χ1v) is 10.8. The fourth-order valence-electron chi connectivity index (χ4n) is 3.59. The van der Waals surface area contributed by atoms with E-state index >= 15 is 0 Å². The summed E-state index contributed by atoms with van der Waals surface area (Å²) in [5, 5.41) is 16.1. The van der Waals surface area contributed by atoms with Gasteiger partial charge in [0.15, 0.2) is 5.15 Å². The topological polar surface area (TPSA) is 68.6 Å². The molecule has 0 radical (unpaired) electrons. The second kappa shape index (κ2) is 10.9. The van der Waals surface area contributed by atoms with Crippen LogP contribution in [0.5, 0.6) is 5.75 Å². The zero-order valence-electron chi connectivity index (χ0n) is 17.2. The highest BCUT2D eigenvalue weighted by Gasteiger charge is 2.28. The molecule has 1 aromatic heterocycles. The lowest BCUT2D eigenvalue weighted by molar-refractivity contribution is 0.108. The van der Waals surface area contributed by atoms with Crippen molar-refractivity contribution < 1.29 is 9.57 Å². The highest BCUT2D eigenvalue weighted by Crippen LogP contribution is 2.32. The summed E-state index contributed by atoms with van der Waals surface area (Å²) in [6.07, 6.45) is 3.58. The number of nitrogens with one attached hydrogen (secondary N) is 1. The molecule has 1 aliphatic heterocycles. The van der Waals surface area contributed by atoms with Crippen LogP contribution in [0, 0.1) is 5.92 Å². The monoisotopic (exact) mass is 436 g/mol. The zero-order valence-corrected chi connectivity index (χ0v) is 17.9. The molecule has 4 rings (SSSR count). The quantitative estimate of drug-likeness (QED) is 0.405. The molecule has 0 aliphatic carbocycles. The summed E-state index contributed by atoms with van der Waals surface area (Å²) in [6.45, 7) is 2.40. The van der Waals surface area contributed by atoms with E-state index in [9.17, 15) is 0 Å². The lowest BCUT2D eigenvalue weighted by atomic mass is 9.90. The van der Waals surface area contributed by atoms with E-state index in [0.717, 1.165) is 48.5 Å². The number of benzene rings is 2. The molecule has 0 bridgehead atoms. The van der Waals surface area contributed by atoms with Gasteiger partial charge in [-0.25, -0.2) is 0 Å². The lowest BCUT2D eigenvalue weighted by Crippen LogP contribution is -2.33. The Kier molecular flexibility index (Phi) is 7.47. The third-order valence-electron chi connectivity index (χ3n) is 5.25. The molecule has 1 fully saturated rings. The van der Waals surface area contributed by atoms with Crippen LogP contribution < -0.4 is 10.1 Å². The molecule has 6 nitrogen and oxygen atoms in total. The molecular formula is C24H25ClN4O2. The summed E-state index contributed by atoms with van der Waals surface area (Å²) in [7, 11) is 0. The molecule has 160 valence electrons. The van der Waals surface area contributed by atoms with Gasteiger partial charge in [-0.05, 0) is 73.5 Å². The number of hydrogen-bond donors (Lipinski definition) is 1. The van der Waals surface area contributed by atoms with Gasteiger partial charge in [0.25, 0.3) is 0 Å². The number of piperidine rings is 1. The van der Waals surface area contributed by atoms with Crippen LogP contribution in [0.4, 0.5) is 0 Å². The van der Waals surface area contributed by atoms with Crippen molar-refractivity contribution in [1.82, 2.24) is 15.5 Å². The summed E-state index contributed by atoms with van der Waals surface area (Å²) in [6, 6.07) is 21.4. The Labute approximate surface area is 187 Å². The van der Waals surface area contributed by atoms with Crippen molar-refractivity contribution in [2.24, 2.45) is 11.1 Å². The number of nitrogens with zero attached hydrogens (tertiary/aromatic N) is 3. The van der Waals surface area contributed by atoms with Crippen LogP contribution in [-0.4, -0.2) is 29.5 Å². The normalized spacial score (nSPS) is 15.6. The average Bonchev–Trinajstić information content (AvgIpc) is 2.83. The maximum atomic E-state index is 6.37.